The van der Waals surface area contributed by atoms with Crippen molar-refractivity contribution in [1.82, 2.24) is 0 Å². The first kappa shape index (κ1) is 13.4. The van der Waals surface area contributed by atoms with Gasteiger partial charge in [-0.2, -0.15) is 0 Å². The normalized spacial score (nSPS) is 30.9. The fourth-order valence-corrected chi connectivity index (χ4v) is 3.82. The van der Waals surface area contributed by atoms with E-state index in [2.05, 4.69) is 0 Å². The van der Waals surface area contributed by atoms with Gasteiger partial charge >= 0.3 is 0 Å². The van der Waals surface area contributed by atoms with Crippen LogP contribution in [0.15, 0.2) is 12.1 Å². The first-order valence-electron chi connectivity index (χ1n) is 7.11. The van der Waals surface area contributed by atoms with E-state index in [9.17, 15) is 15.0 Å². The first-order chi connectivity index (χ1) is 9.42. The molecule has 2 aliphatic rings. The second-order valence-electron chi connectivity index (χ2n) is 6.46. The van der Waals surface area contributed by atoms with Gasteiger partial charge in [-0.15, -0.1) is 0 Å². The van der Waals surface area contributed by atoms with Crippen LogP contribution in [0.3, 0.4) is 0 Å². The molecule has 1 fully saturated rings. The van der Waals surface area contributed by atoms with Gasteiger partial charge < -0.3 is 14.9 Å². The maximum Gasteiger partial charge on any atom is 0.150 e. The predicted molar refractivity (Wildman–Crippen MR) is 74.3 cm³/mol. The van der Waals surface area contributed by atoms with Crippen molar-refractivity contribution in [2.75, 3.05) is 0 Å². The molecule has 3 rings (SSSR count). The Hall–Kier alpha value is -1.55. The van der Waals surface area contributed by atoms with Gasteiger partial charge in [-0.1, -0.05) is 0 Å². The number of carbonyl (C=O) groups is 1. The predicted octanol–water partition coefficient (Wildman–Crippen LogP) is 2.62. The van der Waals surface area contributed by atoms with Gasteiger partial charge in [0.25, 0.3) is 0 Å². The Morgan fingerprint density at radius 1 is 1.35 bits per heavy atom. The molecule has 0 radical (unpaired) electrons. The lowest BCUT2D eigenvalue weighted by atomic mass is 9.66. The van der Waals surface area contributed by atoms with Crippen molar-refractivity contribution in [1.29, 1.82) is 0 Å². The standard InChI is InChI=1S/C16H20O4/c1-16(2)12-4-3-10(18)7-11(12)15-13(19)5-9(8-17)6-14(15)20-16/h5-6,8,10-12,18-19H,3-4,7H2,1-2H3/t10-,11+,12+/m0/s1. The minimum absolute atomic E-state index is 0.0817. The minimum Gasteiger partial charge on any atom is -0.507 e. The number of benzene rings is 1. The maximum absolute atomic E-state index is 10.9. The number of hydrogen-bond acceptors (Lipinski definition) is 4. The second-order valence-corrected chi connectivity index (χ2v) is 6.46. The number of aromatic hydroxyl groups is 1. The van der Waals surface area contributed by atoms with E-state index in [1.165, 1.54) is 6.07 Å². The van der Waals surface area contributed by atoms with Crippen molar-refractivity contribution in [3.63, 3.8) is 0 Å². The summed E-state index contributed by atoms with van der Waals surface area (Å²) in [5.74, 6) is 1.03. The lowest BCUT2D eigenvalue weighted by Crippen LogP contribution is -2.47. The SMILES string of the molecule is CC1(C)Oc2cc(C=O)cc(O)c2[C@@H]2C[C@@H](O)CC[C@H]21. The third-order valence-corrected chi connectivity index (χ3v) is 4.74. The minimum atomic E-state index is -0.355. The highest BCUT2D eigenvalue weighted by Crippen LogP contribution is 2.54. The lowest BCUT2D eigenvalue weighted by molar-refractivity contribution is -0.0317. The summed E-state index contributed by atoms with van der Waals surface area (Å²) in [5, 5.41) is 20.2. The quantitative estimate of drug-likeness (QED) is 0.774. The van der Waals surface area contributed by atoms with Crippen molar-refractivity contribution in [3.8, 4) is 11.5 Å². The summed E-state index contributed by atoms with van der Waals surface area (Å²) in [6.45, 7) is 4.08. The summed E-state index contributed by atoms with van der Waals surface area (Å²) in [6.07, 6.45) is 2.67. The Kier molecular flexibility index (Phi) is 3.01. The Morgan fingerprint density at radius 2 is 2.10 bits per heavy atom. The number of carbonyl (C=O) groups excluding carboxylic acids is 1. The molecule has 20 heavy (non-hydrogen) atoms. The van der Waals surface area contributed by atoms with Crippen LogP contribution in [0.5, 0.6) is 11.5 Å². The van der Waals surface area contributed by atoms with E-state index in [1.54, 1.807) is 6.07 Å². The molecule has 0 spiro atoms. The zero-order chi connectivity index (χ0) is 14.5. The Bertz CT molecular complexity index is 550. The highest BCUT2D eigenvalue weighted by atomic mass is 16.5. The summed E-state index contributed by atoms with van der Waals surface area (Å²) in [6, 6.07) is 3.16. The molecule has 2 N–H and O–H groups in total. The molecule has 0 amide bonds. The number of fused-ring (bicyclic) bond motifs is 3. The second kappa shape index (κ2) is 4.48. The topological polar surface area (TPSA) is 66.8 Å². The molecule has 3 atom stereocenters. The smallest absolute Gasteiger partial charge is 0.150 e. The van der Waals surface area contributed by atoms with Gasteiger partial charge in [0.05, 0.1) is 6.10 Å². The molecule has 1 aliphatic carbocycles. The zero-order valence-electron chi connectivity index (χ0n) is 11.8. The average molecular weight is 276 g/mol. The zero-order valence-corrected chi connectivity index (χ0v) is 11.8. The lowest BCUT2D eigenvalue weighted by Gasteiger charge is -2.48. The molecule has 1 aromatic rings. The van der Waals surface area contributed by atoms with E-state index >= 15 is 0 Å². The van der Waals surface area contributed by atoms with Crippen LogP contribution in [0.25, 0.3) is 0 Å². The number of aldehydes is 1. The van der Waals surface area contributed by atoms with Crippen molar-refractivity contribution < 1.29 is 19.7 Å². The molecule has 108 valence electrons. The van der Waals surface area contributed by atoms with Gasteiger partial charge in [0.15, 0.2) is 0 Å². The molecule has 1 aromatic carbocycles. The van der Waals surface area contributed by atoms with Crippen LogP contribution in [0.1, 0.15) is 54.9 Å². The molecule has 0 bridgehead atoms. The van der Waals surface area contributed by atoms with Crippen molar-refractivity contribution in [2.45, 2.75) is 50.7 Å². The molecule has 0 unspecified atom stereocenters. The highest BCUT2D eigenvalue weighted by Gasteiger charge is 2.47. The van der Waals surface area contributed by atoms with Crippen molar-refractivity contribution >= 4 is 6.29 Å². The molecule has 0 saturated heterocycles. The van der Waals surface area contributed by atoms with Crippen LogP contribution >= 0.6 is 0 Å². The van der Waals surface area contributed by atoms with Crippen LogP contribution < -0.4 is 4.74 Å². The van der Waals surface area contributed by atoms with Crippen LogP contribution in [0.4, 0.5) is 0 Å². The molecule has 1 aliphatic heterocycles. The fourth-order valence-electron chi connectivity index (χ4n) is 3.82. The number of hydrogen-bond donors (Lipinski definition) is 2. The molecular formula is C16H20O4. The average Bonchev–Trinajstić information content (AvgIpc) is 2.36. The number of rotatable bonds is 1. The molecule has 0 aromatic heterocycles. The van der Waals surface area contributed by atoms with Gasteiger partial charge in [0.1, 0.15) is 23.4 Å². The Balaban J connectivity index is 2.13. The number of aliphatic hydroxyl groups excluding tert-OH is 1. The van der Waals surface area contributed by atoms with E-state index in [0.29, 0.717) is 24.0 Å². The maximum atomic E-state index is 10.9. The van der Waals surface area contributed by atoms with Crippen LogP contribution in [-0.4, -0.2) is 28.2 Å². The Labute approximate surface area is 118 Å². The van der Waals surface area contributed by atoms with Crippen LogP contribution in [0, 0.1) is 5.92 Å². The van der Waals surface area contributed by atoms with E-state index in [0.717, 1.165) is 18.4 Å². The summed E-state index contributed by atoms with van der Waals surface area (Å²) < 4.78 is 6.05. The monoisotopic (exact) mass is 276 g/mol. The summed E-state index contributed by atoms with van der Waals surface area (Å²) in [4.78, 5) is 10.9. The summed E-state index contributed by atoms with van der Waals surface area (Å²) >= 11 is 0. The van der Waals surface area contributed by atoms with E-state index in [-0.39, 0.29) is 29.3 Å². The largest absolute Gasteiger partial charge is 0.507 e. The number of aliphatic hydroxyl groups is 1. The molecule has 1 heterocycles. The van der Waals surface area contributed by atoms with E-state index in [4.69, 9.17) is 4.74 Å². The van der Waals surface area contributed by atoms with E-state index < -0.39 is 0 Å². The Morgan fingerprint density at radius 3 is 2.80 bits per heavy atom. The van der Waals surface area contributed by atoms with Gasteiger partial charge in [0, 0.05) is 23.0 Å². The van der Waals surface area contributed by atoms with Gasteiger partial charge in [0.2, 0.25) is 0 Å². The third kappa shape index (κ3) is 1.99. The first-order valence-corrected chi connectivity index (χ1v) is 7.11. The van der Waals surface area contributed by atoms with Gasteiger partial charge in [-0.05, 0) is 45.2 Å². The summed E-state index contributed by atoms with van der Waals surface area (Å²) in [7, 11) is 0. The summed E-state index contributed by atoms with van der Waals surface area (Å²) in [5.41, 5.74) is 0.802. The van der Waals surface area contributed by atoms with Crippen LogP contribution in [-0.2, 0) is 0 Å². The van der Waals surface area contributed by atoms with Gasteiger partial charge in [-0.3, -0.25) is 4.79 Å². The van der Waals surface area contributed by atoms with E-state index in [1.807, 2.05) is 13.8 Å². The fraction of sp³-hybridized carbons (Fsp3) is 0.562. The van der Waals surface area contributed by atoms with Crippen molar-refractivity contribution in [3.05, 3.63) is 23.3 Å². The highest BCUT2D eigenvalue weighted by molar-refractivity contribution is 5.77. The van der Waals surface area contributed by atoms with Gasteiger partial charge in [-0.25, -0.2) is 0 Å². The molecular weight excluding hydrogens is 256 g/mol. The third-order valence-electron chi connectivity index (χ3n) is 4.74. The molecule has 4 heteroatoms. The molecule has 4 nitrogen and oxygen atoms in total. The van der Waals surface area contributed by atoms with Crippen molar-refractivity contribution in [2.24, 2.45) is 5.92 Å². The molecule has 1 saturated carbocycles. The van der Waals surface area contributed by atoms with Crippen LogP contribution in [0.2, 0.25) is 0 Å². The number of phenols is 1. The number of phenolic OH excluding ortho intramolecular Hbond substituents is 1. The number of ether oxygens (including phenoxy) is 1.